The zero-order valence-electron chi connectivity index (χ0n) is 10.00. The van der Waals surface area contributed by atoms with Gasteiger partial charge in [0.2, 0.25) is 0 Å². The second-order valence-corrected chi connectivity index (χ2v) is 6.31. The van der Waals surface area contributed by atoms with E-state index in [0.717, 1.165) is 28.3 Å². The zero-order chi connectivity index (χ0) is 12.3. The number of thiophene rings is 1. The van der Waals surface area contributed by atoms with Crippen LogP contribution in [0, 0.1) is 6.92 Å². The van der Waals surface area contributed by atoms with Crippen molar-refractivity contribution in [2.24, 2.45) is 0 Å². The molecule has 0 spiro atoms. The summed E-state index contributed by atoms with van der Waals surface area (Å²) in [4.78, 5) is 0. The molecule has 0 aliphatic rings. The number of nitrogens with one attached hydrogen (secondary N) is 1. The molecule has 0 radical (unpaired) electrons. The molecule has 2 aromatic heterocycles. The summed E-state index contributed by atoms with van der Waals surface area (Å²) < 4.78 is 6.89. The molecule has 1 unspecified atom stereocenters. The molecule has 0 saturated heterocycles. The molecule has 4 heteroatoms. The van der Waals surface area contributed by atoms with Gasteiger partial charge in [-0.3, -0.25) is 0 Å². The SMILES string of the molecule is CCCNC(c1csc(Br)c1)c1ccc(C)o1. The summed E-state index contributed by atoms with van der Waals surface area (Å²) in [6.07, 6.45) is 1.11. The van der Waals surface area contributed by atoms with E-state index in [1.807, 2.05) is 19.1 Å². The Morgan fingerprint density at radius 2 is 2.29 bits per heavy atom. The summed E-state index contributed by atoms with van der Waals surface area (Å²) in [5, 5.41) is 5.68. The molecule has 0 aliphatic heterocycles. The molecule has 1 N–H and O–H groups in total. The highest BCUT2D eigenvalue weighted by Crippen LogP contribution is 2.30. The Kier molecular flexibility index (Phi) is 4.42. The lowest BCUT2D eigenvalue weighted by atomic mass is 10.1. The summed E-state index contributed by atoms with van der Waals surface area (Å²) >= 11 is 5.21. The van der Waals surface area contributed by atoms with Crippen LogP contribution in [0.3, 0.4) is 0 Å². The van der Waals surface area contributed by atoms with Crippen LogP contribution in [0.15, 0.2) is 31.8 Å². The fourth-order valence-corrected chi connectivity index (χ4v) is 2.96. The Bertz CT molecular complexity index is 437. The molecule has 92 valence electrons. The van der Waals surface area contributed by atoms with Crippen LogP contribution in [-0.4, -0.2) is 6.54 Å². The van der Waals surface area contributed by atoms with Crippen LogP contribution in [-0.2, 0) is 0 Å². The first kappa shape index (κ1) is 12.9. The van der Waals surface area contributed by atoms with E-state index in [1.165, 1.54) is 5.56 Å². The highest BCUT2D eigenvalue weighted by Gasteiger charge is 2.17. The van der Waals surface area contributed by atoms with Gasteiger partial charge >= 0.3 is 0 Å². The molecule has 0 aromatic carbocycles. The van der Waals surface area contributed by atoms with Gasteiger partial charge in [-0.25, -0.2) is 0 Å². The van der Waals surface area contributed by atoms with Crippen molar-refractivity contribution in [3.63, 3.8) is 0 Å². The van der Waals surface area contributed by atoms with Gasteiger partial charge in [0.15, 0.2) is 0 Å². The molecule has 2 heterocycles. The summed E-state index contributed by atoms with van der Waals surface area (Å²) in [5.41, 5.74) is 1.25. The van der Waals surface area contributed by atoms with Crippen molar-refractivity contribution in [2.75, 3.05) is 6.54 Å². The van der Waals surface area contributed by atoms with Gasteiger partial charge in [-0.15, -0.1) is 11.3 Å². The average Bonchev–Trinajstić information content (AvgIpc) is 2.89. The Morgan fingerprint density at radius 1 is 1.47 bits per heavy atom. The van der Waals surface area contributed by atoms with Crippen molar-refractivity contribution in [1.29, 1.82) is 0 Å². The van der Waals surface area contributed by atoms with Gasteiger partial charge in [0, 0.05) is 0 Å². The predicted molar refractivity (Wildman–Crippen MR) is 75.6 cm³/mol. The van der Waals surface area contributed by atoms with Crippen LogP contribution in [0.25, 0.3) is 0 Å². The van der Waals surface area contributed by atoms with Gasteiger partial charge in [0.1, 0.15) is 11.5 Å². The molecule has 2 rings (SSSR count). The third-order valence-electron chi connectivity index (χ3n) is 2.57. The summed E-state index contributed by atoms with van der Waals surface area (Å²) in [5.74, 6) is 1.94. The lowest BCUT2D eigenvalue weighted by Gasteiger charge is -2.14. The van der Waals surface area contributed by atoms with Crippen molar-refractivity contribution in [2.45, 2.75) is 26.3 Å². The van der Waals surface area contributed by atoms with E-state index >= 15 is 0 Å². The molecule has 0 bridgehead atoms. The average molecular weight is 314 g/mol. The molecular formula is C13H16BrNOS. The van der Waals surface area contributed by atoms with E-state index in [4.69, 9.17) is 4.42 Å². The van der Waals surface area contributed by atoms with Crippen molar-refractivity contribution in [3.8, 4) is 0 Å². The van der Waals surface area contributed by atoms with Gasteiger partial charge < -0.3 is 9.73 Å². The van der Waals surface area contributed by atoms with E-state index in [2.05, 4.69) is 39.6 Å². The third kappa shape index (κ3) is 3.21. The minimum atomic E-state index is 0.159. The Hall–Kier alpha value is -0.580. The lowest BCUT2D eigenvalue weighted by Crippen LogP contribution is -2.22. The van der Waals surface area contributed by atoms with Gasteiger partial charge in [0.05, 0.1) is 9.83 Å². The molecule has 2 nitrogen and oxygen atoms in total. The van der Waals surface area contributed by atoms with Crippen molar-refractivity contribution in [1.82, 2.24) is 5.32 Å². The number of furan rings is 1. The monoisotopic (exact) mass is 313 g/mol. The highest BCUT2D eigenvalue weighted by molar-refractivity contribution is 9.11. The quantitative estimate of drug-likeness (QED) is 0.879. The maximum Gasteiger partial charge on any atom is 0.125 e. The van der Waals surface area contributed by atoms with Crippen LogP contribution in [0.2, 0.25) is 0 Å². The van der Waals surface area contributed by atoms with Gasteiger partial charge in [0.25, 0.3) is 0 Å². The number of hydrogen-bond acceptors (Lipinski definition) is 3. The van der Waals surface area contributed by atoms with E-state index < -0.39 is 0 Å². The zero-order valence-corrected chi connectivity index (χ0v) is 12.4. The van der Waals surface area contributed by atoms with Crippen LogP contribution < -0.4 is 5.32 Å². The number of hydrogen-bond donors (Lipinski definition) is 1. The Morgan fingerprint density at radius 3 is 2.82 bits per heavy atom. The smallest absolute Gasteiger partial charge is 0.125 e. The molecule has 0 saturated carbocycles. The number of rotatable bonds is 5. The molecule has 0 amide bonds. The minimum Gasteiger partial charge on any atom is -0.464 e. The van der Waals surface area contributed by atoms with Crippen LogP contribution in [0.1, 0.15) is 36.5 Å². The fourth-order valence-electron chi connectivity index (χ4n) is 1.75. The highest BCUT2D eigenvalue weighted by atomic mass is 79.9. The normalized spacial score (nSPS) is 12.9. The van der Waals surface area contributed by atoms with E-state index in [9.17, 15) is 0 Å². The predicted octanol–water partition coefficient (Wildman–Crippen LogP) is 4.50. The van der Waals surface area contributed by atoms with E-state index in [0.29, 0.717) is 0 Å². The maximum absolute atomic E-state index is 5.73. The first-order valence-electron chi connectivity index (χ1n) is 5.74. The molecule has 0 fully saturated rings. The van der Waals surface area contributed by atoms with Crippen LogP contribution in [0.4, 0.5) is 0 Å². The lowest BCUT2D eigenvalue weighted by molar-refractivity contribution is 0.431. The molecule has 17 heavy (non-hydrogen) atoms. The summed E-state index contributed by atoms with van der Waals surface area (Å²) in [7, 11) is 0. The molecule has 1 atom stereocenters. The standard InChI is InChI=1S/C13H16BrNOS/c1-3-6-15-13(10-7-12(14)17-8-10)11-5-4-9(2)16-11/h4-5,7-8,13,15H,3,6H2,1-2H3. The van der Waals surface area contributed by atoms with Gasteiger partial charge in [-0.1, -0.05) is 6.92 Å². The third-order valence-corrected chi connectivity index (χ3v) is 4.09. The van der Waals surface area contributed by atoms with Gasteiger partial charge in [-0.2, -0.15) is 0 Å². The molecular weight excluding hydrogens is 298 g/mol. The van der Waals surface area contributed by atoms with Crippen molar-refractivity contribution in [3.05, 3.63) is 44.4 Å². The largest absolute Gasteiger partial charge is 0.464 e. The van der Waals surface area contributed by atoms with E-state index in [-0.39, 0.29) is 6.04 Å². The number of aryl methyl sites for hydroxylation is 1. The summed E-state index contributed by atoms with van der Waals surface area (Å²) in [6.45, 7) is 5.13. The first-order chi connectivity index (χ1) is 8.20. The summed E-state index contributed by atoms with van der Waals surface area (Å²) in [6, 6.07) is 6.37. The first-order valence-corrected chi connectivity index (χ1v) is 7.41. The topological polar surface area (TPSA) is 25.2 Å². The van der Waals surface area contributed by atoms with Crippen LogP contribution >= 0.6 is 27.3 Å². The van der Waals surface area contributed by atoms with E-state index in [1.54, 1.807) is 11.3 Å². The van der Waals surface area contributed by atoms with Crippen LogP contribution in [0.5, 0.6) is 0 Å². The second kappa shape index (κ2) is 5.85. The fraction of sp³-hybridized carbons (Fsp3) is 0.385. The molecule has 0 aliphatic carbocycles. The minimum absolute atomic E-state index is 0.159. The molecule has 2 aromatic rings. The van der Waals surface area contributed by atoms with Gasteiger partial charge in [-0.05, 0) is 65.0 Å². The Balaban J connectivity index is 2.24. The second-order valence-electron chi connectivity index (χ2n) is 4.02. The van der Waals surface area contributed by atoms with Crippen molar-refractivity contribution >= 4 is 27.3 Å². The van der Waals surface area contributed by atoms with Crippen molar-refractivity contribution < 1.29 is 4.42 Å². The maximum atomic E-state index is 5.73. The number of halogens is 1. The Labute approximate surface area is 114 Å².